The Balaban J connectivity index is 2.30. The second-order valence-electron chi connectivity index (χ2n) is 4.92. The number of benzene rings is 1. The Kier molecular flexibility index (Phi) is 4.69. The first-order valence-corrected chi connectivity index (χ1v) is 5.64. The van der Waals surface area contributed by atoms with Crippen LogP contribution >= 0.6 is 0 Å². The molecule has 1 nitrogen and oxygen atoms in total. The molecule has 0 saturated heterocycles. The molecule has 0 aliphatic carbocycles. The van der Waals surface area contributed by atoms with Crippen molar-refractivity contribution in [1.82, 2.24) is 5.32 Å². The van der Waals surface area contributed by atoms with Gasteiger partial charge in [-0.05, 0) is 51.4 Å². The number of nitrogens with one attached hydrogen (secondary N) is 1. The summed E-state index contributed by atoms with van der Waals surface area (Å²) < 4.78 is 12.6. The van der Waals surface area contributed by atoms with E-state index in [4.69, 9.17) is 0 Å². The molecule has 0 aromatic heterocycles. The maximum absolute atomic E-state index is 12.6. The van der Waals surface area contributed by atoms with Gasteiger partial charge >= 0.3 is 0 Å². The fourth-order valence-corrected chi connectivity index (χ4v) is 1.32. The monoisotopic (exact) mass is 221 g/mol. The molecule has 0 heterocycles. The van der Waals surface area contributed by atoms with E-state index in [1.54, 1.807) is 12.1 Å². The summed E-state index contributed by atoms with van der Waals surface area (Å²) in [6.45, 7) is 7.41. The minimum atomic E-state index is -0.188. The third kappa shape index (κ3) is 5.66. The standard InChI is InChI=1S/C14H20FN/c1-14(2,3)16-11-5-4-6-12-7-9-13(15)10-8-12/h4,6-10,16H,5,11H2,1-3H3. The molecule has 0 bridgehead atoms. The largest absolute Gasteiger partial charge is 0.312 e. The van der Waals surface area contributed by atoms with Crippen LogP contribution in [0, 0.1) is 5.82 Å². The van der Waals surface area contributed by atoms with Crippen LogP contribution in [0.2, 0.25) is 0 Å². The molecule has 88 valence electrons. The molecular weight excluding hydrogens is 201 g/mol. The van der Waals surface area contributed by atoms with Crippen LogP contribution in [0.15, 0.2) is 30.3 Å². The molecule has 0 amide bonds. The van der Waals surface area contributed by atoms with Gasteiger partial charge in [0.1, 0.15) is 5.82 Å². The molecule has 1 N–H and O–H groups in total. The highest BCUT2D eigenvalue weighted by atomic mass is 19.1. The van der Waals surface area contributed by atoms with Crippen LogP contribution in [0.1, 0.15) is 32.8 Å². The highest BCUT2D eigenvalue weighted by molar-refractivity contribution is 5.48. The average Bonchev–Trinajstić information content (AvgIpc) is 2.19. The lowest BCUT2D eigenvalue weighted by molar-refractivity contribution is 0.431. The molecule has 0 saturated carbocycles. The van der Waals surface area contributed by atoms with Gasteiger partial charge in [-0.25, -0.2) is 4.39 Å². The van der Waals surface area contributed by atoms with Crippen molar-refractivity contribution in [3.63, 3.8) is 0 Å². The molecule has 0 spiro atoms. The third-order valence-electron chi connectivity index (χ3n) is 2.15. The van der Waals surface area contributed by atoms with E-state index in [-0.39, 0.29) is 11.4 Å². The van der Waals surface area contributed by atoms with Gasteiger partial charge in [0.05, 0.1) is 0 Å². The third-order valence-corrected chi connectivity index (χ3v) is 2.15. The van der Waals surface area contributed by atoms with Crippen LogP contribution in [-0.4, -0.2) is 12.1 Å². The maximum Gasteiger partial charge on any atom is 0.123 e. The summed E-state index contributed by atoms with van der Waals surface area (Å²) in [6.07, 6.45) is 5.10. The molecular formula is C14H20FN. The molecule has 1 rings (SSSR count). The maximum atomic E-state index is 12.6. The lowest BCUT2D eigenvalue weighted by atomic mass is 10.1. The lowest BCUT2D eigenvalue weighted by Gasteiger charge is -2.19. The summed E-state index contributed by atoms with van der Waals surface area (Å²) in [5, 5.41) is 3.41. The Labute approximate surface area is 97.4 Å². The van der Waals surface area contributed by atoms with E-state index in [2.05, 4.69) is 32.2 Å². The quantitative estimate of drug-likeness (QED) is 0.766. The van der Waals surface area contributed by atoms with Crippen molar-refractivity contribution in [2.24, 2.45) is 0 Å². The van der Waals surface area contributed by atoms with Crippen molar-refractivity contribution in [2.75, 3.05) is 6.54 Å². The van der Waals surface area contributed by atoms with E-state index >= 15 is 0 Å². The molecule has 0 aliphatic rings. The van der Waals surface area contributed by atoms with Gasteiger partial charge in [0.2, 0.25) is 0 Å². The van der Waals surface area contributed by atoms with Gasteiger partial charge in [-0.1, -0.05) is 24.3 Å². The van der Waals surface area contributed by atoms with Crippen molar-refractivity contribution in [1.29, 1.82) is 0 Å². The zero-order valence-corrected chi connectivity index (χ0v) is 10.3. The SMILES string of the molecule is CC(C)(C)NCCC=Cc1ccc(F)cc1. The molecule has 0 radical (unpaired) electrons. The van der Waals surface area contributed by atoms with Gasteiger partial charge in [0.15, 0.2) is 0 Å². The average molecular weight is 221 g/mol. The number of hydrogen-bond acceptors (Lipinski definition) is 1. The summed E-state index contributed by atoms with van der Waals surface area (Å²) in [5.74, 6) is -0.188. The van der Waals surface area contributed by atoms with Crippen molar-refractivity contribution < 1.29 is 4.39 Å². The Morgan fingerprint density at radius 1 is 1.19 bits per heavy atom. The topological polar surface area (TPSA) is 12.0 Å². The summed E-state index contributed by atoms with van der Waals surface area (Å²) in [4.78, 5) is 0. The lowest BCUT2D eigenvalue weighted by Crippen LogP contribution is -2.36. The molecule has 16 heavy (non-hydrogen) atoms. The highest BCUT2D eigenvalue weighted by Gasteiger charge is 2.05. The van der Waals surface area contributed by atoms with Crippen molar-refractivity contribution in [2.45, 2.75) is 32.7 Å². The predicted molar refractivity (Wildman–Crippen MR) is 67.8 cm³/mol. The fourth-order valence-electron chi connectivity index (χ4n) is 1.32. The van der Waals surface area contributed by atoms with Crippen LogP contribution in [-0.2, 0) is 0 Å². The van der Waals surface area contributed by atoms with E-state index in [0.29, 0.717) is 0 Å². The van der Waals surface area contributed by atoms with Crippen LogP contribution in [0.25, 0.3) is 6.08 Å². The summed E-state index contributed by atoms with van der Waals surface area (Å²) in [6, 6.07) is 6.52. The number of halogens is 1. The summed E-state index contributed by atoms with van der Waals surface area (Å²) in [5.41, 5.74) is 1.21. The van der Waals surface area contributed by atoms with E-state index in [1.165, 1.54) is 12.1 Å². The number of hydrogen-bond donors (Lipinski definition) is 1. The number of rotatable bonds is 4. The first kappa shape index (κ1) is 12.9. The van der Waals surface area contributed by atoms with Gasteiger partial charge in [0, 0.05) is 5.54 Å². The smallest absolute Gasteiger partial charge is 0.123 e. The van der Waals surface area contributed by atoms with E-state index in [9.17, 15) is 4.39 Å². The Hall–Kier alpha value is -1.15. The summed E-state index contributed by atoms with van der Waals surface area (Å²) in [7, 11) is 0. The van der Waals surface area contributed by atoms with E-state index in [1.807, 2.05) is 6.08 Å². The molecule has 0 atom stereocenters. The Morgan fingerprint density at radius 3 is 2.38 bits per heavy atom. The molecule has 0 unspecified atom stereocenters. The van der Waals surface area contributed by atoms with Crippen LogP contribution in [0.4, 0.5) is 4.39 Å². The van der Waals surface area contributed by atoms with Crippen molar-refractivity contribution >= 4 is 6.08 Å². The van der Waals surface area contributed by atoms with Crippen LogP contribution in [0.5, 0.6) is 0 Å². The predicted octanol–water partition coefficient (Wildman–Crippen LogP) is 3.62. The van der Waals surface area contributed by atoms with Crippen molar-refractivity contribution in [3.05, 3.63) is 41.7 Å². The van der Waals surface area contributed by atoms with Crippen LogP contribution in [0.3, 0.4) is 0 Å². The molecule has 2 heteroatoms. The molecule has 1 aromatic carbocycles. The molecule has 1 aromatic rings. The van der Waals surface area contributed by atoms with Gasteiger partial charge in [-0.2, -0.15) is 0 Å². The molecule has 0 fully saturated rings. The summed E-state index contributed by atoms with van der Waals surface area (Å²) >= 11 is 0. The fraction of sp³-hybridized carbons (Fsp3) is 0.429. The van der Waals surface area contributed by atoms with E-state index < -0.39 is 0 Å². The zero-order valence-electron chi connectivity index (χ0n) is 10.3. The highest BCUT2D eigenvalue weighted by Crippen LogP contribution is 2.05. The second-order valence-corrected chi connectivity index (χ2v) is 4.92. The zero-order chi connectivity index (χ0) is 12.0. The Bertz CT molecular complexity index is 333. The van der Waals surface area contributed by atoms with E-state index in [0.717, 1.165) is 18.5 Å². The van der Waals surface area contributed by atoms with Crippen LogP contribution < -0.4 is 5.32 Å². The molecule has 0 aliphatic heterocycles. The van der Waals surface area contributed by atoms with Gasteiger partial charge in [-0.3, -0.25) is 0 Å². The minimum Gasteiger partial charge on any atom is -0.312 e. The van der Waals surface area contributed by atoms with Gasteiger partial charge < -0.3 is 5.32 Å². The van der Waals surface area contributed by atoms with Gasteiger partial charge in [-0.15, -0.1) is 0 Å². The minimum absolute atomic E-state index is 0.170. The van der Waals surface area contributed by atoms with Crippen molar-refractivity contribution in [3.8, 4) is 0 Å². The Morgan fingerprint density at radius 2 is 1.81 bits per heavy atom. The first-order valence-electron chi connectivity index (χ1n) is 5.64. The van der Waals surface area contributed by atoms with Gasteiger partial charge in [0.25, 0.3) is 0 Å². The normalized spacial score (nSPS) is 12.2. The first-order chi connectivity index (χ1) is 7.47. The second kappa shape index (κ2) is 5.80.